The van der Waals surface area contributed by atoms with Crippen molar-refractivity contribution in [2.45, 2.75) is 13.1 Å². The van der Waals surface area contributed by atoms with Gasteiger partial charge in [-0.3, -0.25) is 15.2 Å². The van der Waals surface area contributed by atoms with E-state index in [1.54, 1.807) is 6.21 Å². The van der Waals surface area contributed by atoms with E-state index < -0.39 is 0 Å². The van der Waals surface area contributed by atoms with Crippen LogP contribution in [-0.4, -0.2) is 47.3 Å². The molecule has 0 aliphatic carbocycles. The Hall–Kier alpha value is -1.99. The Bertz CT molecular complexity index is 785. The van der Waals surface area contributed by atoms with E-state index in [-0.39, 0.29) is 5.11 Å². The molecule has 0 bridgehead atoms. The van der Waals surface area contributed by atoms with E-state index in [9.17, 15) is 0 Å². The first kappa shape index (κ1) is 19.8. The zero-order valence-corrected chi connectivity index (χ0v) is 16.7. The van der Waals surface area contributed by atoms with Crippen molar-refractivity contribution in [3.8, 4) is 0 Å². The van der Waals surface area contributed by atoms with Crippen molar-refractivity contribution in [1.29, 1.82) is 0 Å². The van der Waals surface area contributed by atoms with Gasteiger partial charge in [-0.2, -0.15) is 5.10 Å². The first-order valence-corrected chi connectivity index (χ1v) is 9.74. The van der Waals surface area contributed by atoms with E-state index in [1.807, 2.05) is 30.3 Å². The van der Waals surface area contributed by atoms with Crippen LogP contribution in [-0.2, 0) is 13.1 Å². The fourth-order valence-corrected chi connectivity index (χ4v) is 3.36. The molecular weight excluding hydrogens is 378 g/mol. The standard InChI is InChI=1S/C20H24ClN5S/c21-19-4-2-1-3-18(19)15-26-11-9-25(10-12-26)14-17-7-5-16(6-8-17)13-23-24-20(22)27/h1-8,13H,9-12,14-15H2,(H3,22,24,27). The number of nitrogens with two attached hydrogens (primary N) is 1. The lowest BCUT2D eigenvalue weighted by atomic mass is 10.1. The Morgan fingerprint density at radius 2 is 1.67 bits per heavy atom. The average molecular weight is 402 g/mol. The highest BCUT2D eigenvalue weighted by Crippen LogP contribution is 2.18. The highest BCUT2D eigenvalue weighted by atomic mass is 35.5. The highest BCUT2D eigenvalue weighted by Gasteiger charge is 2.17. The first-order valence-electron chi connectivity index (χ1n) is 8.96. The molecule has 0 atom stereocenters. The molecular formula is C20H24ClN5S. The van der Waals surface area contributed by atoms with Crippen LogP contribution < -0.4 is 11.2 Å². The summed E-state index contributed by atoms with van der Waals surface area (Å²) in [7, 11) is 0. The van der Waals surface area contributed by atoms with Gasteiger partial charge in [-0.05, 0) is 35.0 Å². The number of piperazine rings is 1. The molecule has 1 aliphatic rings. The minimum absolute atomic E-state index is 0.163. The van der Waals surface area contributed by atoms with Gasteiger partial charge in [0.25, 0.3) is 0 Å². The van der Waals surface area contributed by atoms with Crippen LogP contribution in [0.3, 0.4) is 0 Å². The molecule has 1 fully saturated rings. The molecule has 0 unspecified atom stereocenters. The van der Waals surface area contributed by atoms with Gasteiger partial charge >= 0.3 is 0 Å². The topological polar surface area (TPSA) is 56.9 Å². The molecule has 0 spiro atoms. The van der Waals surface area contributed by atoms with Crippen LogP contribution in [0.5, 0.6) is 0 Å². The lowest BCUT2D eigenvalue weighted by Gasteiger charge is -2.34. The lowest BCUT2D eigenvalue weighted by molar-refractivity contribution is 0.122. The second-order valence-electron chi connectivity index (χ2n) is 6.62. The second kappa shape index (κ2) is 9.80. The molecule has 1 aliphatic heterocycles. The SMILES string of the molecule is NC(=S)NN=Cc1ccc(CN2CCN(Cc3ccccc3Cl)CC2)cc1. The first-order chi connectivity index (χ1) is 13.1. The number of thiocarbonyl (C=S) groups is 1. The Labute approximate surface area is 170 Å². The summed E-state index contributed by atoms with van der Waals surface area (Å²) in [5, 5.41) is 4.99. The van der Waals surface area contributed by atoms with Crippen molar-refractivity contribution >= 4 is 35.1 Å². The molecule has 2 aromatic carbocycles. The van der Waals surface area contributed by atoms with Crippen LogP contribution in [0, 0.1) is 0 Å². The van der Waals surface area contributed by atoms with Gasteiger partial charge in [0.05, 0.1) is 6.21 Å². The van der Waals surface area contributed by atoms with Crippen LogP contribution in [0.25, 0.3) is 0 Å². The van der Waals surface area contributed by atoms with E-state index in [1.165, 1.54) is 11.1 Å². The van der Waals surface area contributed by atoms with Crippen LogP contribution in [0.1, 0.15) is 16.7 Å². The molecule has 142 valence electrons. The third kappa shape index (κ3) is 6.29. The van der Waals surface area contributed by atoms with E-state index in [0.717, 1.165) is 49.9 Å². The van der Waals surface area contributed by atoms with Gasteiger partial charge in [0.15, 0.2) is 5.11 Å². The molecule has 27 heavy (non-hydrogen) atoms. The van der Waals surface area contributed by atoms with Crippen LogP contribution in [0.15, 0.2) is 53.6 Å². The highest BCUT2D eigenvalue weighted by molar-refractivity contribution is 7.80. The van der Waals surface area contributed by atoms with Crippen molar-refractivity contribution in [3.05, 3.63) is 70.2 Å². The normalized spacial score (nSPS) is 15.9. The smallest absolute Gasteiger partial charge is 0.184 e. The molecule has 0 radical (unpaired) electrons. The summed E-state index contributed by atoms with van der Waals surface area (Å²) < 4.78 is 0. The van der Waals surface area contributed by atoms with Crippen molar-refractivity contribution in [2.24, 2.45) is 10.8 Å². The maximum absolute atomic E-state index is 6.28. The van der Waals surface area contributed by atoms with Gasteiger partial charge < -0.3 is 5.73 Å². The predicted molar refractivity (Wildman–Crippen MR) is 116 cm³/mol. The molecule has 0 aromatic heterocycles. The van der Waals surface area contributed by atoms with Gasteiger partial charge in [0, 0.05) is 44.3 Å². The number of nitrogens with one attached hydrogen (secondary N) is 1. The van der Waals surface area contributed by atoms with Gasteiger partial charge in [0.1, 0.15) is 0 Å². The number of nitrogens with zero attached hydrogens (tertiary/aromatic N) is 3. The molecule has 0 saturated carbocycles. The molecule has 0 amide bonds. The minimum atomic E-state index is 0.163. The van der Waals surface area contributed by atoms with E-state index in [0.29, 0.717) is 0 Å². The Morgan fingerprint density at radius 3 is 2.30 bits per heavy atom. The Morgan fingerprint density at radius 1 is 1.04 bits per heavy atom. The maximum Gasteiger partial charge on any atom is 0.184 e. The molecule has 3 N–H and O–H groups in total. The molecule has 3 rings (SSSR count). The quantitative estimate of drug-likeness (QED) is 0.443. The molecule has 1 saturated heterocycles. The minimum Gasteiger partial charge on any atom is -0.375 e. The van der Waals surface area contributed by atoms with Crippen molar-refractivity contribution in [3.63, 3.8) is 0 Å². The average Bonchev–Trinajstić information content (AvgIpc) is 2.66. The largest absolute Gasteiger partial charge is 0.375 e. The summed E-state index contributed by atoms with van der Waals surface area (Å²) in [5.74, 6) is 0. The summed E-state index contributed by atoms with van der Waals surface area (Å²) >= 11 is 11.0. The van der Waals surface area contributed by atoms with Crippen molar-refractivity contribution in [2.75, 3.05) is 26.2 Å². The number of hydrogen-bond acceptors (Lipinski definition) is 4. The number of halogens is 1. The number of rotatable bonds is 6. The fourth-order valence-electron chi connectivity index (χ4n) is 3.11. The van der Waals surface area contributed by atoms with Crippen LogP contribution in [0.2, 0.25) is 5.02 Å². The van der Waals surface area contributed by atoms with E-state index >= 15 is 0 Å². The lowest BCUT2D eigenvalue weighted by Crippen LogP contribution is -2.45. The van der Waals surface area contributed by atoms with Crippen LogP contribution in [0.4, 0.5) is 0 Å². The van der Waals surface area contributed by atoms with Gasteiger partial charge in [0.2, 0.25) is 0 Å². The van der Waals surface area contributed by atoms with Gasteiger partial charge in [-0.25, -0.2) is 0 Å². The summed E-state index contributed by atoms with van der Waals surface area (Å²) in [4.78, 5) is 4.95. The van der Waals surface area contributed by atoms with Gasteiger partial charge in [-0.1, -0.05) is 54.1 Å². The van der Waals surface area contributed by atoms with Crippen molar-refractivity contribution < 1.29 is 0 Å². The Balaban J connectivity index is 1.45. The molecule has 2 aromatic rings. The van der Waals surface area contributed by atoms with E-state index in [2.05, 4.69) is 38.5 Å². The molecule has 7 heteroatoms. The monoisotopic (exact) mass is 401 g/mol. The number of hydrazone groups is 1. The maximum atomic E-state index is 6.28. The number of benzene rings is 2. The summed E-state index contributed by atoms with van der Waals surface area (Å²) in [6.45, 7) is 6.11. The van der Waals surface area contributed by atoms with Gasteiger partial charge in [-0.15, -0.1) is 0 Å². The number of hydrogen-bond donors (Lipinski definition) is 2. The third-order valence-electron chi connectivity index (χ3n) is 4.59. The third-order valence-corrected chi connectivity index (χ3v) is 5.05. The fraction of sp³-hybridized carbons (Fsp3) is 0.300. The zero-order valence-electron chi connectivity index (χ0n) is 15.1. The summed E-state index contributed by atoms with van der Waals surface area (Å²) in [6, 6.07) is 16.5. The summed E-state index contributed by atoms with van der Waals surface area (Å²) in [6.07, 6.45) is 1.70. The van der Waals surface area contributed by atoms with Crippen molar-refractivity contribution in [1.82, 2.24) is 15.2 Å². The molecule has 5 nitrogen and oxygen atoms in total. The van der Waals surface area contributed by atoms with Crippen LogP contribution >= 0.6 is 23.8 Å². The predicted octanol–water partition coefficient (Wildman–Crippen LogP) is 2.82. The van der Waals surface area contributed by atoms with E-state index in [4.69, 9.17) is 29.6 Å². The Kier molecular flexibility index (Phi) is 7.18. The summed E-state index contributed by atoms with van der Waals surface area (Å²) in [5.41, 5.74) is 11.4. The zero-order chi connectivity index (χ0) is 19.1. The second-order valence-corrected chi connectivity index (χ2v) is 7.47. The molecule has 1 heterocycles.